The summed E-state index contributed by atoms with van der Waals surface area (Å²) in [4.78, 5) is 12.3. The summed E-state index contributed by atoms with van der Waals surface area (Å²) in [5.41, 5.74) is 2.21. The molecule has 3 aromatic carbocycles. The van der Waals surface area contributed by atoms with Gasteiger partial charge in [-0.1, -0.05) is 59.8 Å². The highest BCUT2D eigenvalue weighted by atomic mass is 19.1. The van der Waals surface area contributed by atoms with Gasteiger partial charge >= 0.3 is 0 Å². The topological polar surface area (TPSA) is 59.8 Å². The molecule has 0 aliphatic heterocycles. The largest absolute Gasteiger partial charge is 0.350 e. The molecule has 1 N–H and O–H groups in total. The van der Waals surface area contributed by atoms with Crippen LogP contribution in [0.15, 0.2) is 72.9 Å². The van der Waals surface area contributed by atoms with Crippen LogP contribution in [0.1, 0.15) is 21.6 Å². The average Bonchev–Trinajstić information content (AvgIpc) is 3.17. The van der Waals surface area contributed by atoms with Crippen LogP contribution >= 0.6 is 0 Å². The average molecular weight is 374 g/mol. The first-order chi connectivity index (χ1) is 13.7. The zero-order valence-electron chi connectivity index (χ0n) is 15.2. The summed E-state index contributed by atoms with van der Waals surface area (Å²) in [5, 5.41) is 13.2. The number of hydrogen-bond acceptors (Lipinski definition) is 3. The van der Waals surface area contributed by atoms with Gasteiger partial charge in [-0.2, -0.15) is 0 Å². The van der Waals surface area contributed by atoms with Crippen molar-refractivity contribution in [3.05, 3.63) is 95.6 Å². The van der Waals surface area contributed by atoms with Crippen LogP contribution in [0.25, 0.3) is 10.8 Å². The molecule has 0 bridgehead atoms. The van der Waals surface area contributed by atoms with Crippen LogP contribution < -0.4 is 5.32 Å². The summed E-state index contributed by atoms with van der Waals surface area (Å²) in [5.74, 6) is -0.569. The number of nitrogens with one attached hydrogen (secondary N) is 1. The number of benzene rings is 3. The zero-order chi connectivity index (χ0) is 19.3. The molecule has 0 aliphatic rings. The van der Waals surface area contributed by atoms with Crippen LogP contribution in [0.2, 0.25) is 0 Å². The Labute approximate surface area is 161 Å². The third-order valence-electron chi connectivity index (χ3n) is 4.57. The summed E-state index contributed by atoms with van der Waals surface area (Å²) in [6.07, 6.45) is 2.19. The van der Waals surface area contributed by atoms with Crippen molar-refractivity contribution in [1.29, 1.82) is 0 Å². The van der Waals surface area contributed by atoms with Crippen molar-refractivity contribution >= 4 is 16.7 Å². The summed E-state index contributed by atoms with van der Waals surface area (Å²) < 4.78 is 14.8. The quantitative estimate of drug-likeness (QED) is 0.561. The van der Waals surface area contributed by atoms with E-state index in [-0.39, 0.29) is 17.4 Å². The van der Waals surface area contributed by atoms with E-state index in [2.05, 4.69) is 33.8 Å². The standard InChI is InChI=1S/C22H19FN4O/c23-19-9-3-5-16(13-19)11-12-24-22(28)21-15-27(26-25-21)14-18-8-4-7-17-6-1-2-10-20(17)18/h1-10,13,15H,11-12,14H2,(H,24,28). The van der Waals surface area contributed by atoms with Crippen molar-refractivity contribution in [2.45, 2.75) is 13.0 Å². The molecule has 5 nitrogen and oxygen atoms in total. The molecule has 0 aliphatic carbocycles. The predicted molar refractivity (Wildman–Crippen MR) is 106 cm³/mol. The molecule has 0 fully saturated rings. The fourth-order valence-corrected chi connectivity index (χ4v) is 3.19. The van der Waals surface area contributed by atoms with Gasteiger partial charge in [-0.3, -0.25) is 4.79 Å². The summed E-state index contributed by atoms with van der Waals surface area (Å²) in [6, 6.07) is 20.6. The van der Waals surface area contributed by atoms with Gasteiger partial charge in [-0.05, 0) is 40.5 Å². The van der Waals surface area contributed by atoms with Crippen molar-refractivity contribution in [2.75, 3.05) is 6.54 Å². The lowest BCUT2D eigenvalue weighted by Gasteiger charge is -2.06. The second kappa shape index (κ2) is 8.00. The number of halogens is 1. The molecular weight excluding hydrogens is 355 g/mol. The number of carbonyl (C=O) groups is 1. The number of nitrogens with zero attached hydrogens (tertiary/aromatic N) is 3. The van der Waals surface area contributed by atoms with Crippen molar-refractivity contribution in [2.24, 2.45) is 0 Å². The Balaban J connectivity index is 1.39. The number of carbonyl (C=O) groups excluding carboxylic acids is 1. The van der Waals surface area contributed by atoms with Crippen molar-refractivity contribution in [3.8, 4) is 0 Å². The smallest absolute Gasteiger partial charge is 0.273 e. The molecule has 0 spiro atoms. The van der Waals surface area contributed by atoms with Crippen LogP contribution in [0.4, 0.5) is 4.39 Å². The van der Waals surface area contributed by atoms with Gasteiger partial charge in [-0.25, -0.2) is 9.07 Å². The summed E-state index contributed by atoms with van der Waals surface area (Å²) in [7, 11) is 0. The third-order valence-corrected chi connectivity index (χ3v) is 4.57. The van der Waals surface area contributed by atoms with Gasteiger partial charge < -0.3 is 5.32 Å². The second-order valence-corrected chi connectivity index (χ2v) is 6.58. The molecule has 4 aromatic rings. The molecule has 0 unspecified atom stereocenters. The van der Waals surface area contributed by atoms with Gasteiger partial charge in [0, 0.05) is 6.54 Å². The normalized spacial score (nSPS) is 10.9. The second-order valence-electron chi connectivity index (χ2n) is 6.58. The Hall–Kier alpha value is -3.54. The van der Waals surface area contributed by atoms with Crippen LogP contribution in [-0.2, 0) is 13.0 Å². The first kappa shape index (κ1) is 17.9. The van der Waals surface area contributed by atoms with E-state index in [1.807, 2.05) is 30.3 Å². The number of fused-ring (bicyclic) bond motifs is 1. The van der Waals surface area contributed by atoms with E-state index in [1.165, 1.54) is 12.1 Å². The Morgan fingerprint density at radius 3 is 2.75 bits per heavy atom. The molecule has 1 heterocycles. The fraction of sp³-hybridized carbons (Fsp3) is 0.136. The van der Waals surface area contributed by atoms with E-state index in [0.717, 1.165) is 21.9 Å². The summed E-state index contributed by atoms with van der Waals surface area (Å²) in [6.45, 7) is 0.934. The van der Waals surface area contributed by atoms with Crippen molar-refractivity contribution in [1.82, 2.24) is 20.3 Å². The molecule has 6 heteroatoms. The van der Waals surface area contributed by atoms with E-state index in [9.17, 15) is 9.18 Å². The van der Waals surface area contributed by atoms with Gasteiger partial charge in [0.2, 0.25) is 0 Å². The Kier molecular flexibility index (Phi) is 5.10. The first-order valence-electron chi connectivity index (χ1n) is 9.08. The van der Waals surface area contributed by atoms with Crippen molar-refractivity contribution < 1.29 is 9.18 Å². The van der Waals surface area contributed by atoms with Crippen LogP contribution in [0, 0.1) is 5.82 Å². The molecule has 140 valence electrons. The number of hydrogen-bond donors (Lipinski definition) is 1. The Bertz CT molecular complexity index is 1120. The highest BCUT2D eigenvalue weighted by Crippen LogP contribution is 2.19. The molecule has 0 atom stereocenters. The van der Waals surface area contributed by atoms with Gasteiger partial charge in [0.25, 0.3) is 5.91 Å². The lowest BCUT2D eigenvalue weighted by molar-refractivity contribution is 0.0949. The van der Waals surface area contributed by atoms with Gasteiger partial charge in [0.15, 0.2) is 5.69 Å². The van der Waals surface area contributed by atoms with Crippen molar-refractivity contribution in [3.63, 3.8) is 0 Å². The van der Waals surface area contributed by atoms with E-state index < -0.39 is 0 Å². The lowest BCUT2D eigenvalue weighted by Crippen LogP contribution is -2.26. The minimum absolute atomic E-state index is 0.263. The highest BCUT2D eigenvalue weighted by molar-refractivity contribution is 5.91. The first-order valence-corrected chi connectivity index (χ1v) is 9.08. The number of aromatic nitrogens is 3. The molecule has 28 heavy (non-hydrogen) atoms. The van der Waals surface area contributed by atoms with E-state index >= 15 is 0 Å². The number of amides is 1. The molecule has 0 radical (unpaired) electrons. The Morgan fingerprint density at radius 2 is 1.86 bits per heavy atom. The van der Waals surface area contributed by atoms with Gasteiger partial charge in [-0.15, -0.1) is 5.10 Å². The SMILES string of the molecule is O=C(NCCc1cccc(F)c1)c1cn(Cc2cccc3ccccc23)nn1. The minimum Gasteiger partial charge on any atom is -0.350 e. The maximum absolute atomic E-state index is 13.2. The third kappa shape index (κ3) is 4.06. The lowest BCUT2D eigenvalue weighted by atomic mass is 10.0. The Morgan fingerprint density at radius 1 is 1.04 bits per heavy atom. The molecule has 0 saturated carbocycles. The fourth-order valence-electron chi connectivity index (χ4n) is 3.19. The summed E-state index contributed by atoms with van der Waals surface area (Å²) >= 11 is 0. The highest BCUT2D eigenvalue weighted by Gasteiger charge is 2.11. The van der Waals surface area contributed by atoms with E-state index in [0.29, 0.717) is 19.5 Å². The van der Waals surface area contributed by atoms with Gasteiger partial charge in [0.1, 0.15) is 5.82 Å². The maximum Gasteiger partial charge on any atom is 0.273 e. The van der Waals surface area contributed by atoms with Gasteiger partial charge in [0.05, 0.1) is 12.7 Å². The molecule has 4 rings (SSSR count). The monoisotopic (exact) mass is 374 g/mol. The molecule has 0 saturated heterocycles. The van der Waals surface area contributed by atoms with Crippen LogP contribution in [-0.4, -0.2) is 27.4 Å². The molecule has 1 aromatic heterocycles. The maximum atomic E-state index is 13.2. The van der Waals surface area contributed by atoms with Crippen LogP contribution in [0.5, 0.6) is 0 Å². The zero-order valence-corrected chi connectivity index (χ0v) is 15.2. The predicted octanol–water partition coefficient (Wildman–Crippen LogP) is 3.59. The van der Waals surface area contributed by atoms with E-state index in [4.69, 9.17) is 0 Å². The number of rotatable bonds is 6. The van der Waals surface area contributed by atoms with E-state index in [1.54, 1.807) is 16.9 Å². The minimum atomic E-state index is -0.291. The molecule has 1 amide bonds. The van der Waals surface area contributed by atoms with Crippen LogP contribution in [0.3, 0.4) is 0 Å². The molecular formula is C22H19FN4O.